The van der Waals surface area contributed by atoms with Gasteiger partial charge in [-0.05, 0) is 23.5 Å². The van der Waals surface area contributed by atoms with Crippen molar-refractivity contribution in [2.24, 2.45) is 0 Å². The van der Waals surface area contributed by atoms with Gasteiger partial charge < -0.3 is 4.74 Å². The first kappa shape index (κ1) is 11.3. The molecule has 0 aliphatic carbocycles. The van der Waals surface area contributed by atoms with Crippen molar-refractivity contribution in [1.29, 1.82) is 0 Å². The van der Waals surface area contributed by atoms with Gasteiger partial charge in [0.15, 0.2) is 0 Å². The Hall–Kier alpha value is -0.760. The number of aromatic nitrogens is 1. The predicted octanol–water partition coefficient (Wildman–Crippen LogP) is 3.35. The van der Waals surface area contributed by atoms with Crippen molar-refractivity contribution in [3.05, 3.63) is 22.3 Å². The van der Waals surface area contributed by atoms with Crippen LogP contribution in [-0.2, 0) is 5.41 Å². The van der Waals surface area contributed by atoms with Crippen LogP contribution in [-0.4, -0.2) is 12.1 Å². The largest absolute Gasteiger partial charge is 0.480 e. The van der Waals surface area contributed by atoms with Gasteiger partial charge in [-0.15, -0.1) is 0 Å². The molecule has 2 nitrogen and oxygen atoms in total. The molecule has 0 N–H and O–H groups in total. The standard InChI is InChI=1S/C11H16ClNO/c1-7-6-13-10(14-5)9(12)8(7)11(2,3)4/h6H,1-5H3. The SMILES string of the molecule is COc1ncc(C)c(C(C)(C)C)c1Cl. The number of pyridine rings is 1. The van der Waals surface area contributed by atoms with Gasteiger partial charge in [0.25, 0.3) is 0 Å². The average Bonchev–Trinajstić information content (AvgIpc) is 2.02. The third kappa shape index (κ3) is 2.01. The van der Waals surface area contributed by atoms with Gasteiger partial charge in [0.05, 0.1) is 7.11 Å². The second kappa shape index (κ2) is 3.77. The lowest BCUT2D eigenvalue weighted by Gasteiger charge is -2.23. The van der Waals surface area contributed by atoms with Crippen molar-refractivity contribution in [3.63, 3.8) is 0 Å². The quantitative estimate of drug-likeness (QED) is 0.714. The molecule has 14 heavy (non-hydrogen) atoms. The van der Waals surface area contributed by atoms with Gasteiger partial charge in [-0.25, -0.2) is 4.98 Å². The number of nitrogens with zero attached hydrogens (tertiary/aromatic N) is 1. The fourth-order valence-corrected chi connectivity index (χ4v) is 2.18. The van der Waals surface area contributed by atoms with Crippen LogP contribution in [0.1, 0.15) is 31.9 Å². The van der Waals surface area contributed by atoms with E-state index in [1.165, 1.54) is 0 Å². The van der Waals surface area contributed by atoms with Gasteiger partial charge in [0.2, 0.25) is 5.88 Å². The fourth-order valence-electron chi connectivity index (χ4n) is 1.62. The molecule has 0 aliphatic heterocycles. The zero-order chi connectivity index (χ0) is 10.9. The number of hydrogen-bond donors (Lipinski definition) is 0. The summed E-state index contributed by atoms with van der Waals surface area (Å²) >= 11 is 6.21. The second-order valence-corrected chi connectivity index (χ2v) is 4.77. The molecule has 0 bridgehead atoms. The number of aryl methyl sites for hydroxylation is 1. The molecule has 0 aromatic carbocycles. The maximum Gasteiger partial charge on any atom is 0.232 e. The molecule has 1 rings (SSSR count). The lowest BCUT2D eigenvalue weighted by atomic mass is 9.85. The lowest BCUT2D eigenvalue weighted by molar-refractivity contribution is 0.395. The van der Waals surface area contributed by atoms with Gasteiger partial charge in [-0.2, -0.15) is 0 Å². The third-order valence-corrected chi connectivity index (χ3v) is 2.47. The Bertz CT molecular complexity index is 342. The molecule has 0 saturated heterocycles. The van der Waals surface area contributed by atoms with Crippen LogP contribution in [0.5, 0.6) is 5.88 Å². The Morgan fingerprint density at radius 2 is 1.93 bits per heavy atom. The summed E-state index contributed by atoms with van der Waals surface area (Å²) in [4.78, 5) is 4.12. The van der Waals surface area contributed by atoms with Crippen molar-refractivity contribution in [2.75, 3.05) is 7.11 Å². The first-order valence-corrected chi connectivity index (χ1v) is 4.95. The number of rotatable bonds is 1. The van der Waals surface area contributed by atoms with E-state index in [0.717, 1.165) is 11.1 Å². The highest BCUT2D eigenvalue weighted by Gasteiger charge is 2.22. The minimum Gasteiger partial charge on any atom is -0.480 e. The molecule has 0 spiro atoms. The van der Waals surface area contributed by atoms with E-state index in [0.29, 0.717) is 10.9 Å². The molecule has 1 heterocycles. The number of halogens is 1. The summed E-state index contributed by atoms with van der Waals surface area (Å²) in [6, 6.07) is 0. The molecule has 1 aromatic rings. The molecule has 0 atom stereocenters. The number of hydrogen-bond acceptors (Lipinski definition) is 2. The van der Waals surface area contributed by atoms with Crippen molar-refractivity contribution < 1.29 is 4.74 Å². The van der Waals surface area contributed by atoms with Crippen LogP contribution >= 0.6 is 11.6 Å². The highest BCUT2D eigenvalue weighted by Crippen LogP contribution is 2.36. The summed E-state index contributed by atoms with van der Waals surface area (Å²) in [7, 11) is 1.58. The molecule has 0 saturated carbocycles. The molecule has 78 valence electrons. The van der Waals surface area contributed by atoms with Crippen LogP contribution in [0.15, 0.2) is 6.20 Å². The Balaban J connectivity index is 3.40. The molecule has 3 heteroatoms. The van der Waals surface area contributed by atoms with Crippen LogP contribution in [0, 0.1) is 6.92 Å². The van der Waals surface area contributed by atoms with Gasteiger partial charge >= 0.3 is 0 Å². The third-order valence-electron chi connectivity index (χ3n) is 2.12. The van der Waals surface area contributed by atoms with Gasteiger partial charge in [-0.1, -0.05) is 32.4 Å². The Kier molecular flexibility index (Phi) is 3.05. The normalized spacial score (nSPS) is 11.6. The fraction of sp³-hybridized carbons (Fsp3) is 0.545. The van der Waals surface area contributed by atoms with E-state index >= 15 is 0 Å². The monoisotopic (exact) mass is 213 g/mol. The molecular weight excluding hydrogens is 198 g/mol. The molecule has 1 aromatic heterocycles. The van der Waals surface area contributed by atoms with Crippen LogP contribution in [0.25, 0.3) is 0 Å². The Morgan fingerprint density at radius 1 is 1.36 bits per heavy atom. The van der Waals surface area contributed by atoms with Gasteiger partial charge in [0, 0.05) is 6.20 Å². The van der Waals surface area contributed by atoms with Gasteiger partial charge in [0.1, 0.15) is 5.02 Å². The van der Waals surface area contributed by atoms with E-state index in [-0.39, 0.29) is 5.41 Å². The van der Waals surface area contributed by atoms with Crippen molar-refractivity contribution in [1.82, 2.24) is 4.98 Å². The van der Waals surface area contributed by atoms with Crippen LogP contribution in [0.4, 0.5) is 0 Å². The second-order valence-electron chi connectivity index (χ2n) is 4.39. The van der Waals surface area contributed by atoms with E-state index in [4.69, 9.17) is 16.3 Å². The Morgan fingerprint density at radius 3 is 2.36 bits per heavy atom. The highest BCUT2D eigenvalue weighted by molar-refractivity contribution is 6.32. The minimum atomic E-state index is 0.0113. The van der Waals surface area contributed by atoms with Crippen LogP contribution in [0.3, 0.4) is 0 Å². The maximum atomic E-state index is 6.21. The molecule has 0 amide bonds. The minimum absolute atomic E-state index is 0.0113. The van der Waals surface area contributed by atoms with Crippen LogP contribution in [0.2, 0.25) is 5.02 Å². The molecule has 0 aliphatic rings. The average molecular weight is 214 g/mol. The van der Waals surface area contributed by atoms with E-state index < -0.39 is 0 Å². The molecule has 0 radical (unpaired) electrons. The summed E-state index contributed by atoms with van der Waals surface area (Å²) in [5.74, 6) is 0.502. The van der Waals surface area contributed by atoms with E-state index in [9.17, 15) is 0 Å². The summed E-state index contributed by atoms with van der Waals surface area (Å²) in [6.45, 7) is 8.39. The summed E-state index contributed by atoms with van der Waals surface area (Å²) < 4.78 is 5.09. The van der Waals surface area contributed by atoms with Crippen molar-refractivity contribution >= 4 is 11.6 Å². The zero-order valence-corrected chi connectivity index (χ0v) is 10.1. The maximum absolute atomic E-state index is 6.21. The summed E-state index contributed by atoms with van der Waals surface area (Å²) in [5, 5.41) is 0.625. The molecule has 0 fully saturated rings. The smallest absolute Gasteiger partial charge is 0.232 e. The zero-order valence-electron chi connectivity index (χ0n) is 9.31. The Labute approximate surface area is 90.3 Å². The summed E-state index contributed by atoms with van der Waals surface area (Å²) in [5.41, 5.74) is 2.21. The van der Waals surface area contributed by atoms with Crippen molar-refractivity contribution in [3.8, 4) is 5.88 Å². The number of ether oxygens (including phenoxy) is 1. The lowest BCUT2D eigenvalue weighted by Crippen LogP contribution is -2.14. The van der Waals surface area contributed by atoms with E-state index in [1.54, 1.807) is 13.3 Å². The highest BCUT2D eigenvalue weighted by atomic mass is 35.5. The summed E-state index contributed by atoms with van der Waals surface area (Å²) in [6.07, 6.45) is 1.80. The van der Waals surface area contributed by atoms with E-state index in [2.05, 4.69) is 25.8 Å². The van der Waals surface area contributed by atoms with Gasteiger partial charge in [-0.3, -0.25) is 0 Å². The van der Waals surface area contributed by atoms with Crippen molar-refractivity contribution in [2.45, 2.75) is 33.1 Å². The molecule has 0 unspecified atom stereocenters. The first-order chi connectivity index (χ1) is 6.38. The topological polar surface area (TPSA) is 22.1 Å². The van der Waals surface area contributed by atoms with Crippen LogP contribution < -0.4 is 4.74 Å². The number of methoxy groups -OCH3 is 1. The molecular formula is C11H16ClNO. The van der Waals surface area contributed by atoms with E-state index in [1.807, 2.05) is 6.92 Å². The predicted molar refractivity (Wildman–Crippen MR) is 59.2 cm³/mol. The first-order valence-electron chi connectivity index (χ1n) is 4.57.